The van der Waals surface area contributed by atoms with Crippen LogP contribution in [-0.2, 0) is 18.6 Å². The average molecular weight is 282 g/mol. The van der Waals surface area contributed by atoms with Gasteiger partial charge in [0.15, 0.2) is 0 Å². The molecule has 108 valence electrons. The van der Waals surface area contributed by atoms with E-state index in [0.717, 1.165) is 0 Å². The summed E-state index contributed by atoms with van der Waals surface area (Å²) in [5, 5.41) is 0. The summed E-state index contributed by atoms with van der Waals surface area (Å²) in [4.78, 5) is 28.7. The molecule has 0 saturated carbocycles. The zero-order valence-electron chi connectivity index (χ0n) is 11.4. The molecule has 0 aliphatic rings. The highest BCUT2D eigenvalue weighted by Gasteiger charge is 2.29. The Labute approximate surface area is 108 Å². The van der Waals surface area contributed by atoms with E-state index < -0.39 is 13.2 Å². The second-order valence-electron chi connectivity index (χ2n) is 5.13. The molecular formula is C11H23O6P. The van der Waals surface area contributed by atoms with Crippen LogP contribution >= 0.6 is 7.82 Å². The lowest BCUT2D eigenvalue weighted by molar-refractivity contribution is -0.133. The summed E-state index contributed by atoms with van der Waals surface area (Å²) in [5.74, 6) is 0.0931. The fourth-order valence-corrected chi connectivity index (χ4v) is 1.89. The van der Waals surface area contributed by atoms with Crippen LogP contribution in [0.5, 0.6) is 0 Å². The molecule has 0 bridgehead atoms. The van der Waals surface area contributed by atoms with Crippen LogP contribution in [0.4, 0.5) is 0 Å². The zero-order valence-corrected chi connectivity index (χ0v) is 12.3. The number of carbonyl (C=O) groups excluding carboxylic acids is 1. The predicted octanol–water partition coefficient (Wildman–Crippen LogP) is 1.75. The van der Waals surface area contributed by atoms with Crippen LogP contribution in [0, 0.1) is 11.3 Å². The predicted molar refractivity (Wildman–Crippen MR) is 67.1 cm³/mol. The van der Waals surface area contributed by atoms with Gasteiger partial charge in [-0.1, -0.05) is 27.7 Å². The molecule has 0 aliphatic carbocycles. The van der Waals surface area contributed by atoms with Crippen molar-refractivity contribution in [1.82, 2.24) is 0 Å². The summed E-state index contributed by atoms with van der Waals surface area (Å²) in [6.07, 6.45) is 0.372. The molecule has 0 unspecified atom stereocenters. The number of phosphoric acid groups is 1. The Kier molecular flexibility index (Phi) is 7.25. The number of ether oxygens (including phenoxy) is 1. The van der Waals surface area contributed by atoms with Crippen LogP contribution in [0.3, 0.4) is 0 Å². The standard InChI is InChI=1S/C11H23O6P/c1-9(2)10(12)11(3,4)8-16-6-5-7-17-18(13,14)15/h9H,5-8H2,1-4H3,(H2,13,14,15). The van der Waals surface area contributed by atoms with E-state index >= 15 is 0 Å². The van der Waals surface area contributed by atoms with Crippen molar-refractivity contribution in [1.29, 1.82) is 0 Å². The van der Waals surface area contributed by atoms with Gasteiger partial charge in [0.25, 0.3) is 0 Å². The van der Waals surface area contributed by atoms with Gasteiger partial charge < -0.3 is 14.5 Å². The Morgan fingerprint density at radius 2 is 1.83 bits per heavy atom. The fourth-order valence-electron chi connectivity index (χ4n) is 1.52. The van der Waals surface area contributed by atoms with Crippen molar-refractivity contribution in [2.45, 2.75) is 34.1 Å². The average Bonchev–Trinajstić information content (AvgIpc) is 2.20. The molecule has 0 radical (unpaired) electrons. The number of phosphoric ester groups is 1. The minimum atomic E-state index is -4.39. The third-order valence-electron chi connectivity index (χ3n) is 2.35. The van der Waals surface area contributed by atoms with Gasteiger partial charge in [-0.05, 0) is 6.42 Å². The van der Waals surface area contributed by atoms with Crippen LogP contribution in [-0.4, -0.2) is 35.4 Å². The second-order valence-corrected chi connectivity index (χ2v) is 6.37. The Morgan fingerprint density at radius 1 is 1.28 bits per heavy atom. The van der Waals surface area contributed by atoms with E-state index in [-0.39, 0.29) is 18.3 Å². The Balaban J connectivity index is 3.78. The normalized spacial score (nSPS) is 13.1. The van der Waals surface area contributed by atoms with Crippen LogP contribution in [0.25, 0.3) is 0 Å². The smallest absolute Gasteiger partial charge is 0.380 e. The topological polar surface area (TPSA) is 93.1 Å². The van der Waals surface area contributed by atoms with Gasteiger partial charge in [-0.25, -0.2) is 4.57 Å². The van der Waals surface area contributed by atoms with Gasteiger partial charge in [0, 0.05) is 17.9 Å². The van der Waals surface area contributed by atoms with Crippen LogP contribution < -0.4 is 0 Å². The van der Waals surface area contributed by atoms with Crippen LogP contribution in [0.1, 0.15) is 34.1 Å². The largest absolute Gasteiger partial charge is 0.469 e. The molecule has 6 nitrogen and oxygen atoms in total. The highest BCUT2D eigenvalue weighted by atomic mass is 31.2. The van der Waals surface area contributed by atoms with Crippen molar-refractivity contribution in [3.8, 4) is 0 Å². The molecule has 0 spiro atoms. The third-order valence-corrected chi connectivity index (χ3v) is 2.87. The summed E-state index contributed by atoms with van der Waals surface area (Å²) in [6, 6.07) is 0. The van der Waals surface area contributed by atoms with E-state index in [4.69, 9.17) is 14.5 Å². The SMILES string of the molecule is CC(C)C(=O)C(C)(C)COCCCOP(=O)(O)O. The van der Waals surface area contributed by atoms with E-state index in [1.54, 1.807) is 0 Å². The molecule has 0 atom stereocenters. The highest BCUT2D eigenvalue weighted by molar-refractivity contribution is 7.46. The molecule has 2 N–H and O–H groups in total. The first kappa shape index (κ1) is 17.7. The van der Waals surface area contributed by atoms with Crippen LogP contribution in [0.2, 0.25) is 0 Å². The van der Waals surface area contributed by atoms with Gasteiger partial charge in [0.2, 0.25) is 0 Å². The van der Waals surface area contributed by atoms with Crippen molar-refractivity contribution >= 4 is 13.6 Å². The lowest BCUT2D eigenvalue weighted by atomic mass is 9.83. The molecule has 0 saturated heterocycles. The molecule has 0 heterocycles. The summed E-state index contributed by atoms with van der Waals surface area (Å²) in [7, 11) is -4.39. The number of ketones is 1. The minimum Gasteiger partial charge on any atom is -0.380 e. The number of hydrogen-bond donors (Lipinski definition) is 2. The Bertz CT molecular complexity index is 307. The molecule has 0 rings (SSSR count). The molecule has 0 amide bonds. The summed E-state index contributed by atoms with van der Waals surface area (Å²) < 4.78 is 20.0. The molecular weight excluding hydrogens is 259 g/mol. The summed E-state index contributed by atoms with van der Waals surface area (Å²) >= 11 is 0. The van der Waals surface area contributed by atoms with E-state index in [9.17, 15) is 9.36 Å². The maximum atomic E-state index is 11.8. The Hall–Kier alpha value is -0.260. The first-order valence-corrected chi connectivity index (χ1v) is 7.41. The van der Waals surface area contributed by atoms with Gasteiger partial charge in [-0.2, -0.15) is 0 Å². The molecule has 0 aromatic heterocycles. The number of Topliss-reactive ketones (excluding diaryl/α,β-unsaturated/α-hetero) is 1. The first-order valence-electron chi connectivity index (χ1n) is 5.88. The molecule has 0 aromatic rings. The van der Waals surface area contributed by atoms with E-state index in [2.05, 4.69) is 4.52 Å². The van der Waals surface area contributed by atoms with E-state index in [1.807, 2.05) is 27.7 Å². The van der Waals surface area contributed by atoms with Gasteiger partial charge in [0.1, 0.15) is 5.78 Å². The molecule has 0 aromatic carbocycles. The highest BCUT2D eigenvalue weighted by Crippen LogP contribution is 2.35. The number of rotatable bonds is 9. The van der Waals surface area contributed by atoms with Gasteiger partial charge in [0.05, 0.1) is 13.2 Å². The van der Waals surface area contributed by atoms with Crippen molar-refractivity contribution in [2.24, 2.45) is 11.3 Å². The van der Waals surface area contributed by atoms with Crippen molar-refractivity contribution < 1.29 is 28.4 Å². The minimum absolute atomic E-state index is 0.0402. The number of carbonyl (C=O) groups is 1. The molecule has 7 heteroatoms. The third kappa shape index (κ3) is 7.95. The van der Waals surface area contributed by atoms with E-state index in [0.29, 0.717) is 19.6 Å². The lowest BCUT2D eigenvalue weighted by Gasteiger charge is -2.24. The number of hydrogen-bond acceptors (Lipinski definition) is 4. The second kappa shape index (κ2) is 7.36. The van der Waals surface area contributed by atoms with Gasteiger partial charge in [-0.3, -0.25) is 9.32 Å². The fraction of sp³-hybridized carbons (Fsp3) is 0.909. The van der Waals surface area contributed by atoms with Crippen LogP contribution in [0.15, 0.2) is 0 Å². The maximum absolute atomic E-state index is 11.8. The Morgan fingerprint density at radius 3 is 2.28 bits per heavy atom. The van der Waals surface area contributed by atoms with Gasteiger partial charge >= 0.3 is 7.82 Å². The van der Waals surface area contributed by atoms with Crippen molar-refractivity contribution in [2.75, 3.05) is 19.8 Å². The molecule has 0 fully saturated rings. The monoisotopic (exact) mass is 282 g/mol. The molecule has 0 aliphatic heterocycles. The molecule has 18 heavy (non-hydrogen) atoms. The van der Waals surface area contributed by atoms with Crippen molar-refractivity contribution in [3.05, 3.63) is 0 Å². The van der Waals surface area contributed by atoms with E-state index in [1.165, 1.54) is 0 Å². The summed E-state index contributed by atoms with van der Waals surface area (Å²) in [5.41, 5.74) is -0.543. The van der Waals surface area contributed by atoms with Gasteiger partial charge in [-0.15, -0.1) is 0 Å². The summed E-state index contributed by atoms with van der Waals surface area (Å²) in [6.45, 7) is 7.86. The first-order chi connectivity index (χ1) is 8.06. The zero-order chi connectivity index (χ0) is 14.4. The lowest BCUT2D eigenvalue weighted by Crippen LogP contribution is -2.33. The quantitative estimate of drug-likeness (QED) is 0.494. The maximum Gasteiger partial charge on any atom is 0.469 e. The van der Waals surface area contributed by atoms with Crippen molar-refractivity contribution in [3.63, 3.8) is 0 Å².